The Hall–Kier alpha value is -2.62. The summed E-state index contributed by atoms with van der Waals surface area (Å²) < 4.78 is 1.81. The normalized spacial score (nSPS) is 10.8. The molecule has 3 rings (SSSR count). The Morgan fingerprint density at radius 2 is 1.89 bits per heavy atom. The monoisotopic (exact) mass is 252 g/mol. The second kappa shape index (κ2) is 4.24. The fraction of sp³-hybridized carbons (Fsp3) is 0.0667. The smallest absolute Gasteiger partial charge is 0.335 e. The first-order chi connectivity index (χ1) is 9.15. The van der Waals surface area contributed by atoms with Crippen molar-refractivity contribution in [3.05, 3.63) is 59.8 Å². The van der Waals surface area contributed by atoms with Crippen LogP contribution < -0.4 is 0 Å². The lowest BCUT2D eigenvalue weighted by Gasteiger charge is -2.04. The van der Waals surface area contributed by atoms with Crippen LogP contribution in [-0.4, -0.2) is 20.9 Å². The van der Waals surface area contributed by atoms with E-state index >= 15 is 0 Å². The molecule has 0 amide bonds. The number of aryl methyl sites for hydroxylation is 1. The maximum Gasteiger partial charge on any atom is 0.335 e. The number of nitrogens with zero attached hydrogens (tertiary/aromatic N) is 2. The van der Waals surface area contributed by atoms with Gasteiger partial charge < -0.3 is 5.11 Å². The second-order valence-electron chi connectivity index (χ2n) is 4.47. The Labute approximate surface area is 109 Å². The fourth-order valence-corrected chi connectivity index (χ4v) is 2.06. The van der Waals surface area contributed by atoms with Crippen LogP contribution >= 0.6 is 0 Å². The lowest BCUT2D eigenvalue weighted by Crippen LogP contribution is -1.97. The first-order valence-corrected chi connectivity index (χ1v) is 5.93. The molecule has 1 heterocycles. The van der Waals surface area contributed by atoms with Crippen molar-refractivity contribution in [1.82, 2.24) is 9.78 Å². The Balaban J connectivity index is 2.15. The topological polar surface area (TPSA) is 55.1 Å². The SMILES string of the molecule is Cc1ccc(-n2ncc3cc(C(=O)O)ccc32)cc1. The number of hydrogen-bond donors (Lipinski definition) is 1. The number of carboxylic acid groups (broad SMARTS) is 1. The van der Waals surface area contributed by atoms with Crippen LogP contribution in [0.5, 0.6) is 0 Å². The van der Waals surface area contributed by atoms with Gasteiger partial charge in [0, 0.05) is 5.39 Å². The molecule has 2 aromatic carbocycles. The zero-order valence-electron chi connectivity index (χ0n) is 10.4. The number of carbonyl (C=O) groups is 1. The van der Waals surface area contributed by atoms with E-state index in [0.29, 0.717) is 0 Å². The predicted molar refractivity (Wildman–Crippen MR) is 72.8 cm³/mol. The number of aromatic nitrogens is 2. The lowest BCUT2D eigenvalue weighted by atomic mass is 10.1. The van der Waals surface area contributed by atoms with Crippen molar-refractivity contribution < 1.29 is 9.90 Å². The number of rotatable bonds is 2. The fourth-order valence-electron chi connectivity index (χ4n) is 2.06. The number of benzene rings is 2. The molecule has 19 heavy (non-hydrogen) atoms. The molecule has 94 valence electrons. The van der Waals surface area contributed by atoms with E-state index in [1.165, 1.54) is 5.56 Å². The molecule has 3 aromatic rings. The van der Waals surface area contributed by atoms with Gasteiger partial charge in [0.15, 0.2) is 0 Å². The number of fused-ring (bicyclic) bond motifs is 1. The zero-order chi connectivity index (χ0) is 13.4. The molecule has 0 spiro atoms. The highest BCUT2D eigenvalue weighted by atomic mass is 16.4. The van der Waals surface area contributed by atoms with E-state index in [2.05, 4.69) is 5.10 Å². The molecule has 1 aromatic heterocycles. The van der Waals surface area contributed by atoms with E-state index < -0.39 is 5.97 Å². The van der Waals surface area contributed by atoms with Crippen LogP contribution in [0.15, 0.2) is 48.7 Å². The highest BCUT2D eigenvalue weighted by Crippen LogP contribution is 2.20. The minimum atomic E-state index is -0.926. The summed E-state index contributed by atoms with van der Waals surface area (Å²) >= 11 is 0. The molecule has 0 atom stereocenters. The molecule has 4 nitrogen and oxygen atoms in total. The molecule has 0 saturated heterocycles. The average Bonchev–Trinajstić information content (AvgIpc) is 2.82. The van der Waals surface area contributed by atoms with Crippen LogP contribution in [0.3, 0.4) is 0 Å². The molecule has 0 unspecified atom stereocenters. The summed E-state index contributed by atoms with van der Waals surface area (Å²) in [5, 5.41) is 14.1. The predicted octanol–water partition coefficient (Wildman–Crippen LogP) is 3.03. The number of carboxylic acids is 1. The standard InChI is InChI=1S/C15H12N2O2/c1-10-2-5-13(6-3-10)17-14-7-4-11(15(18)19)8-12(14)9-16-17/h2-9H,1H3,(H,18,19). The van der Waals surface area contributed by atoms with E-state index in [-0.39, 0.29) is 5.56 Å². The van der Waals surface area contributed by atoms with Crippen molar-refractivity contribution in [2.45, 2.75) is 6.92 Å². The van der Waals surface area contributed by atoms with Crippen LogP contribution in [0.25, 0.3) is 16.6 Å². The van der Waals surface area contributed by atoms with Gasteiger partial charge in [0.1, 0.15) is 0 Å². The summed E-state index contributed by atoms with van der Waals surface area (Å²) in [6.45, 7) is 2.03. The third kappa shape index (κ3) is 1.97. The van der Waals surface area contributed by atoms with Gasteiger partial charge in [0.2, 0.25) is 0 Å². The van der Waals surface area contributed by atoms with Gasteiger partial charge in [0.25, 0.3) is 0 Å². The van der Waals surface area contributed by atoms with Crippen molar-refractivity contribution >= 4 is 16.9 Å². The highest BCUT2D eigenvalue weighted by molar-refractivity contribution is 5.93. The van der Waals surface area contributed by atoms with Gasteiger partial charge in [-0.15, -0.1) is 0 Å². The van der Waals surface area contributed by atoms with Gasteiger partial charge in [-0.3, -0.25) is 0 Å². The first kappa shape index (κ1) is 11.5. The van der Waals surface area contributed by atoms with Gasteiger partial charge >= 0.3 is 5.97 Å². The Morgan fingerprint density at radius 1 is 1.16 bits per heavy atom. The van der Waals surface area contributed by atoms with Crippen LogP contribution in [0.2, 0.25) is 0 Å². The zero-order valence-corrected chi connectivity index (χ0v) is 10.4. The van der Waals surface area contributed by atoms with E-state index in [1.54, 1.807) is 29.1 Å². The third-order valence-corrected chi connectivity index (χ3v) is 3.09. The molecule has 0 fully saturated rings. The van der Waals surface area contributed by atoms with E-state index in [4.69, 9.17) is 5.11 Å². The number of aromatic carboxylic acids is 1. The van der Waals surface area contributed by atoms with Crippen molar-refractivity contribution in [3.63, 3.8) is 0 Å². The summed E-state index contributed by atoms with van der Waals surface area (Å²) in [5.74, 6) is -0.926. The largest absolute Gasteiger partial charge is 0.478 e. The minimum absolute atomic E-state index is 0.274. The highest BCUT2D eigenvalue weighted by Gasteiger charge is 2.08. The Kier molecular flexibility index (Phi) is 2.56. The maximum atomic E-state index is 10.9. The molecule has 0 aliphatic heterocycles. The van der Waals surface area contributed by atoms with Gasteiger partial charge in [-0.25, -0.2) is 9.48 Å². The molecule has 4 heteroatoms. The third-order valence-electron chi connectivity index (χ3n) is 3.09. The van der Waals surface area contributed by atoms with Crippen molar-refractivity contribution in [3.8, 4) is 5.69 Å². The maximum absolute atomic E-state index is 10.9. The molecule has 0 radical (unpaired) electrons. The van der Waals surface area contributed by atoms with Gasteiger partial charge in [0.05, 0.1) is 23.0 Å². The van der Waals surface area contributed by atoms with Crippen molar-refractivity contribution in [2.75, 3.05) is 0 Å². The van der Waals surface area contributed by atoms with Crippen molar-refractivity contribution in [1.29, 1.82) is 0 Å². The summed E-state index contributed by atoms with van der Waals surface area (Å²) in [4.78, 5) is 10.9. The van der Waals surface area contributed by atoms with Crippen LogP contribution in [0.1, 0.15) is 15.9 Å². The molecular formula is C15H12N2O2. The summed E-state index contributed by atoms with van der Waals surface area (Å²) in [6.07, 6.45) is 1.68. The average molecular weight is 252 g/mol. The summed E-state index contributed by atoms with van der Waals surface area (Å²) in [6, 6.07) is 13.0. The molecule has 0 bridgehead atoms. The molecule has 0 aliphatic carbocycles. The molecule has 0 saturated carbocycles. The summed E-state index contributed by atoms with van der Waals surface area (Å²) in [7, 11) is 0. The van der Waals surface area contributed by atoms with Crippen LogP contribution in [-0.2, 0) is 0 Å². The van der Waals surface area contributed by atoms with Gasteiger partial charge in [-0.05, 0) is 37.3 Å². The lowest BCUT2D eigenvalue weighted by molar-refractivity contribution is 0.0697. The Bertz CT molecular complexity index is 757. The van der Waals surface area contributed by atoms with Crippen LogP contribution in [0, 0.1) is 6.92 Å². The molecule has 0 aliphatic rings. The molecular weight excluding hydrogens is 240 g/mol. The summed E-state index contributed by atoms with van der Waals surface area (Å²) in [5.41, 5.74) is 3.32. The Morgan fingerprint density at radius 3 is 2.58 bits per heavy atom. The van der Waals surface area contributed by atoms with E-state index in [9.17, 15) is 4.79 Å². The number of hydrogen-bond acceptors (Lipinski definition) is 2. The molecule has 1 N–H and O–H groups in total. The second-order valence-corrected chi connectivity index (χ2v) is 4.47. The quantitative estimate of drug-likeness (QED) is 0.762. The minimum Gasteiger partial charge on any atom is -0.478 e. The van der Waals surface area contributed by atoms with E-state index in [1.807, 2.05) is 31.2 Å². The van der Waals surface area contributed by atoms with Crippen LogP contribution in [0.4, 0.5) is 0 Å². The van der Waals surface area contributed by atoms with Gasteiger partial charge in [-0.1, -0.05) is 17.7 Å². The van der Waals surface area contributed by atoms with E-state index in [0.717, 1.165) is 16.6 Å². The van der Waals surface area contributed by atoms with Crippen molar-refractivity contribution in [2.24, 2.45) is 0 Å². The van der Waals surface area contributed by atoms with Gasteiger partial charge in [-0.2, -0.15) is 5.10 Å². The first-order valence-electron chi connectivity index (χ1n) is 5.93.